The van der Waals surface area contributed by atoms with E-state index in [9.17, 15) is 14.4 Å². The van der Waals surface area contributed by atoms with Gasteiger partial charge in [-0.1, -0.05) is 36.4 Å². The topological polar surface area (TPSA) is 109 Å². The fourth-order valence-corrected chi connectivity index (χ4v) is 3.63. The van der Waals surface area contributed by atoms with Gasteiger partial charge < -0.3 is 20.2 Å². The minimum absolute atomic E-state index is 0.183. The van der Waals surface area contributed by atoms with Gasteiger partial charge in [0, 0.05) is 23.1 Å². The summed E-state index contributed by atoms with van der Waals surface area (Å²) in [5, 5.41) is 7.00. The van der Waals surface area contributed by atoms with E-state index in [0.717, 1.165) is 16.5 Å². The predicted molar refractivity (Wildman–Crippen MR) is 139 cm³/mol. The van der Waals surface area contributed by atoms with Gasteiger partial charge in [0.2, 0.25) is 5.91 Å². The summed E-state index contributed by atoms with van der Waals surface area (Å²) in [6, 6.07) is 20.0. The Hall–Kier alpha value is -3.63. The lowest BCUT2D eigenvalue weighted by Crippen LogP contribution is -2.46. The fraction of sp³-hybridized carbons (Fsp3) is 0.167. The van der Waals surface area contributed by atoms with Crippen molar-refractivity contribution in [2.75, 3.05) is 12.4 Å². The lowest BCUT2D eigenvalue weighted by Gasteiger charge is -2.20. The Kier molecular flexibility index (Phi) is 8.83. The van der Waals surface area contributed by atoms with Gasteiger partial charge in [-0.05, 0) is 47.9 Å². The first kappa shape index (κ1) is 25.0. The van der Waals surface area contributed by atoms with E-state index < -0.39 is 23.1 Å². The second-order valence-corrected chi connectivity index (χ2v) is 8.27. The van der Waals surface area contributed by atoms with Crippen molar-refractivity contribution in [1.82, 2.24) is 16.2 Å². The molecule has 0 aromatic heterocycles. The molecule has 0 fully saturated rings. The van der Waals surface area contributed by atoms with Crippen molar-refractivity contribution in [3.8, 4) is 5.75 Å². The summed E-state index contributed by atoms with van der Waals surface area (Å²) in [5.41, 5.74) is 6.24. The van der Waals surface area contributed by atoms with Gasteiger partial charge in [-0.3, -0.25) is 20.4 Å². The third-order valence-electron chi connectivity index (χ3n) is 4.99. The molecular formula is C24H24N4O4S2. The highest BCUT2D eigenvalue weighted by molar-refractivity contribution is 7.81. The maximum atomic E-state index is 12.4. The Balaban J connectivity index is 1.49. The quantitative estimate of drug-likeness (QED) is 0.107. The zero-order chi connectivity index (χ0) is 24.5. The maximum Gasteiger partial charge on any atom is 0.252 e. The summed E-state index contributed by atoms with van der Waals surface area (Å²) >= 11 is 9.54. The van der Waals surface area contributed by atoms with Gasteiger partial charge in [0.05, 0.1) is 18.4 Å². The van der Waals surface area contributed by atoms with E-state index in [1.54, 1.807) is 24.3 Å². The zero-order valence-corrected chi connectivity index (χ0v) is 20.0. The number of thiol groups is 1. The average Bonchev–Trinajstić information content (AvgIpc) is 2.86. The fourth-order valence-electron chi connectivity index (χ4n) is 3.18. The van der Waals surface area contributed by atoms with Crippen LogP contribution in [0.2, 0.25) is 0 Å². The van der Waals surface area contributed by atoms with Crippen LogP contribution < -0.4 is 26.2 Å². The molecule has 0 spiro atoms. The molecule has 176 valence electrons. The monoisotopic (exact) mass is 496 g/mol. The first-order chi connectivity index (χ1) is 16.4. The molecule has 0 aliphatic rings. The Labute approximate surface area is 207 Å². The molecule has 0 heterocycles. The highest BCUT2D eigenvalue weighted by atomic mass is 32.1. The number of anilines is 1. The van der Waals surface area contributed by atoms with Gasteiger partial charge in [0.15, 0.2) is 5.11 Å². The molecule has 0 radical (unpaired) electrons. The largest absolute Gasteiger partial charge is 0.497 e. The van der Waals surface area contributed by atoms with Crippen LogP contribution in [0.4, 0.5) is 5.69 Å². The van der Waals surface area contributed by atoms with Crippen molar-refractivity contribution in [2.24, 2.45) is 5.92 Å². The minimum atomic E-state index is -0.862. The second-order valence-electron chi connectivity index (χ2n) is 7.30. The van der Waals surface area contributed by atoms with E-state index in [1.807, 2.05) is 42.5 Å². The van der Waals surface area contributed by atoms with Crippen LogP contribution in [0.1, 0.15) is 16.8 Å². The first-order valence-corrected chi connectivity index (χ1v) is 11.3. The molecular weight excluding hydrogens is 472 g/mol. The summed E-state index contributed by atoms with van der Waals surface area (Å²) in [7, 11) is 1.53. The predicted octanol–water partition coefficient (Wildman–Crippen LogP) is 3.06. The van der Waals surface area contributed by atoms with Gasteiger partial charge >= 0.3 is 0 Å². The van der Waals surface area contributed by atoms with Gasteiger partial charge in [0.1, 0.15) is 12.0 Å². The molecule has 0 bridgehead atoms. The van der Waals surface area contributed by atoms with Crippen molar-refractivity contribution in [3.63, 3.8) is 0 Å². The molecule has 3 aromatic rings. The number of rotatable bonds is 8. The highest BCUT2D eigenvalue weighted by Crippen LogP contribution is 2.22. The van der Waals surface area contributed by atoms with Gasteiger partial charge in [0.25, 0.3) is 5.91 Å². The Morgan fingerprint density at radius 1 is 1.03 bits per heavy atom. The lowest BCUT2D eigenvalue weighted by molar-refractivity contribution is -0.125. The van der Waals surface area contributed by atoms with Crippen LogP contribution >= 0.6 is 24.8 Å². The van der Waals surface area contributed by atoms with Gasteiger partial charge in [-0.15, -0.1) is 0 Å². The molecule has 0 saturated carbocycles. The smallest absolute Gasteiger partial charge is 0.252 e. The minimum Gasteiger partial charge on any atom is -0.497 e. The number of hydrazine groups is 1. The first-order valence-electron chi connectivity index (χ1n) is 10.3. The van der Waals surface area contributed by atoms with Crippen LogP contribution in [-0.2, 0) is 9.59 Å². The Morgan fingerprint density at radius 2 is 1.74 bits per heavy atom. The van der Waals surface area contributed by atoms with Crippen molar-refractivity contribution in [1.29, 1.82) is 0 Å². The molecule has 34 heavy (non-hydrogen) atoms. The molecule has 0 saturated heterocycles. The molecule has 8 nitrogen and oxygen atoms in total. The Morgan fingerprint density at radius 3 is 2.44 bits per heavy atom. The summed E-state index contributed by atoms with van der Waals surface area (Å²) in [5.74, 6) is -1.15. The number of fused-ring (bicyclic) bond motifs is 1. The third-order valence-corrected chi connectivity index (χ3v) is 5.70. The number of methoxy groups -OCH3 is 1. The molecule has 3 rings (SSSR count). The SMILES string of the molecule is COc1ccc(C(=O)NC(S)C(C=O)CC(=O)NNC(=S)Nc2cccc3ccccc23)cc1. The lowest BCUT2D eigenvalue weighted by atomic mass is 10.1. The highest BCUT2D eigenvalue weighted by Gasteiger charge is 2.23. The van der Waals surface area contributed by atoms with Crippen LogP contribution in [0.15, 0.2) is 66.7 Å². The zero-order valence-electron chi connectivity index (χ0n) is 18.3. The summed E-state index contributed by atoms with van der Waals surface area (Å²) in [6.45, 7) is 0. The number of nitrogens with one attached hydrogen (secondary N) is 4. The molecule has 2 atom stereocenters. The number of amides is 2. The normalized spacial score (nSPS) is 12.2. The number of hydrogen-bond acceptors (Lipinski definition) is 6. The van der Waals surface area contributed by atoms with Crippen molar-refractivity contribution in [2.45, 2.75) is 11.8 Å². The number of aldehydes is 1. The number of hydrogen-bond donors (Lipinski definition) is 5. The number of thiocarbonyl (C=S) groups is 1. The number of carbonyl (C=O) groups is 3. The van der Waals surface area contributed by atoms with Crippen LogP contribution in [0.3, 0.4) is 0 Å². The molecule has 2 amide bonds. The van der Waals surface area contributed by atoms with E-state index in [1.165, 1.54) is 7.11 Å². The van der Waals surface area contributed by atoms with E-state index in [2.05, 4.69) is 34.1 Å². The maximum absolute atomic E-state index is 12.4. The second kappa shape index (κ2) is 12.0. The van der Waals surface area contributed by atoms with Gasteiger partial charge in [-0.2, -0.15) is 12.6 Å². The molecule has 4 N–H and O–H groups in total. The van der Waals surface area contributed by atoms with Crippen molar-refractivity contribution in [3.05, 3.63) is 72.3 Å². The van der Waals surface area contributed by atoms with Crippen LogP contribution in [-0.4, -0.2) is 35.7 Å². The van der Waals surface area contributed by atoms with E-state index in [0.29, 0.717) is 17.6 Å². The Bertz CT molecular complexity index is 1180. The molecule has 3 aromatic carbocycles. The summed E-state index contributed by atoms with van der Waals surface area (Å²) in [6.07, 6.45) is 0.378. The molecule has 2 unspecified atom stereocenters. The number of ether oxygens (including phenoxy) is 1. The molecule has 0 aliphatic carbocycles. The van der Waals surface area contributed by atoms with Crippen LogP contribution in [0.5, 0.6) is 5.75 Å². The van der Waals surface area contributed by atoms with Crippen LogP contribution in [0.25, 0.3) is 10.8 Å². The standard InChI is InChI=1S/C24H24N4O4S2/c1-32-18-11-9-16(10-12-18)22(31)26-23(33)17(14-29)13-21(30)27-28-24(34)25-20-8-4-6-15-5-2-3-7-19(15)20/h2-12,14,17,23,33H,13H2,1H3,(H,26,31)(H,27,30)(H2,25,28,34). The van der Waals surface area contributed by atoms with E-state index in [4.69, 9.17) is 17.0 Å². The van der Waals surface area contributed by atoms with Gasteiger partial charge in [-0.25, -0.2) is 0 Å². The number of carbonyl (C=O) groups excluding carboxylic acids is 3. The van der Waals surface area contributed by atoms with Crippen molar-refractivity contribution < 1.29 is 19.1 Å². The van der Waals surface area contributed by atoms with E-state index in [-0.39, 0.29) is 11.5 Å². The van der Waals surface area contributed by atoms with Crippen LogP contribution in [0, 0.1) is 5.92 Å². The average molecular weight is 497 g/mol. The van der Waals surface area contributed by atoms with Crippen molar-refractivity contribution >= 4 is 64.5 Å². The summed E-state index contributed by atoms with van der Waals surface area (Å²) < 4.78 is 5.06. The molecule has 10 heteroatoms. The van der Waals surface area contributed by atoms with E-state index >= 15 is 0 Å². The third kappa shape index (κ3) is 6.69. The number of benzene rings is 3. The summed E-state index contributed by atoms with van der Waals surface area (Å²) in [4.78, 5) is 36.3. The molecule has 0 aliphatic heterocycles.